The van der Waals surface area contributed by atoms with Gasteiger partial charge in [0.2, 0.25) is 0 Å². The second kappa shape index (κ2) is 4.00. The van der Waals surface area contributed by atoms with E-state index in [1.54, 1.807) is 6.92 Å². The first-order chi connectivity index (χ1) is 6.83. The zero-order chi connectivity index (χ0) is 11.6. The fourth-order valence-corrected chi connectivity index (χ4v) is 1.44. The van der Waals surface area contributed by atoms with Gasteiger partial charge in [-0.2, -0.15) is 13.2 Å². The predicted molar refractivity (Wildman–Crippen MR) is 54.4 cm³/mol. The number of nitrogen functional groups attached to an aromatic ring is 2. The van der Waals surface area contributed by atoms with Gasteiger partial charge in [0.1, 0.15) is 0 Å². The molecule has 2 nitrogen and oxygen atoms in total. The molecule has 0 aliphatic heterocycles. The van der Waals surface area contributed by atoms with E-state index >= 15 is 0 Å². The van der Waals surface area contributed by atoms with Crippen LogP contribution >= 0.6 is 0 Å². The Bertz CT molecular complexity index is 358. The number of hydrogen-bond acceptors (Lipinski definition) is 2. The fraction of sp³-hybridized carbons (Fsp3) is 0.400. The van der Waals surface area contributed by atoms with Gasteiger partial charge in [-0.1, -0.05) is 6.92 Å². The largest absolute Gasteiger partial charge is 0.397 e. The minimum Gasteiger partial charge on any atom is -0.397 e. The van der Waals surface area contributed by atoms with Crippen molar-refractivity contribution < 1.29 is 13.2 Å². The summed E-state index contributed by atoms with van der Waals surface area (Å²) in [5.74, 6) is 0. The summed E-state index contributed by atoms with van der Waals surface area (Å²) in [5, 5.41) is 0. The third kappa shape index (κ3) is 3.04. The van der Waals surface area contributed by atoms with Crippen LogP contribution in [-0.4, -0.2) is 6.18 Å². The van der Waals surface area contributed by atoms with Crippen molar-refractivity contribution in [2.45, 2.75) is 25.9 Å². The Morgan fingerprint density at radius 2 is 1.53 bits per heavy atom. The van der Waals surface area contributed by atoms with Crippen molar-refractivity contribution in [2.75, 3.05) is 11.5 Å². The first kappa shape index (κ1) is 11.7. The van der Waals surface area contributed by atoms with Gasteiger partial charge in [0.25, 0.3) is 0 Å². The molecule has 0 amide bonds. The van der Waals surface area contributed by atoms with Crippen LogP contribution < -0.4 is 11.5 Å². The summed E-state index contributed by atoms with van der Waals surface area (Å²) >= 11 is 0. The van der Waals surface area contributed by atoms with Crippen LogP contribution in [0.3, 0.4) is 0 Å². The molecule has 0 unspecified atom stereocenters. The summed E-state index contributed by atoms with van der Waals surface area (Å²) in [6.07, 6.45) is -4.66. The highest BCUT2D eigenvalue weighted by Gasteiger charge is 2.28. The van der Waals surface area contributed by atoms with Crippen LogP contribution in [0, 0.1) is 0 Å². The van der Waals surface area contributed by atoms with Gasteiger partial charge in [0.15, 0.2) is 0 Å². The third-order valence-electron chi connectivity index (χ3n) is 2.18. The molecule has 0 bridgehead atoms. The molecule has 84 valence electrons. The van der Waals surface area contributed by atoms with Crippen LogP contribution in [0.25, 0.3) is 0 Å². The van der Waals surface area contributed by atoms with Crippen molar-refractivity contribution in [2.24, 2.45) is 0 Å². The second-order valence-electron chi connectivity index (χ2n) is 3.40. The van der Waals surface area contributed by atoms with E-state index in [4.69, 9.17) is 11.5 Å². The van der Waals surface area contributed by atoms with Gasteiger partial charge in [-0.3, -0.25) is 0 Å². The van der Waals surface area contributed by atoms with E-state index in [0.29, 0.717) is 17.7 Å². The van der Waals surface area contributed by atoms with Gasteiger partial charge in [-0.25, -0.2) is 0 Å². The lowest BCUT2D eigenvalue weighted by Gasteiger charge is -2.13. The van der Waals surface area contributed by atoms with E-state index in [0.717, 1.165) is 0 Å². The van der Waals surface area contributed by atoms with Gasteiger partial charge < -0.3 is 11.5 Å². The lowest BCUT2D eigenvalue weighted by atomic mass is 10.0. The van der Waals surface area contributed by atoms with Gasteiger partial charge in [-0.05, 0) is 29.7 Å². The van der Waals surface area contributed by atoms with Crippen LogP contribution in [0.4, 0.5) is 24.5 Å². The van der Waals surface area contributed by atoms with Crippen molar-refractivity contribution in [3.8, 4) is 0 Å². The Hall–Kier alpha value is -1.39. The number of nitrogens with two attached hydrogens (primary N) is 2. The molecule has 15 heavy (non-hydrogen) atoms. The molecule has 1 aromatic carbocycles. The quantitative estimate of drug-likeness (QED) is 0.749. The molecule has 0 fully saturated rings. The summed E-state index contributed by atoms with van der Waals surface area (Å²) < 4.78 is 36.7. The van der Waals surface area contributed by atoms with Crippen molar-refractivity contribution in [3.05, 3.63) is 23.3 Å². The Morgan fingerprint density at radius 3 is 1.93 bits per heavy atom. The lowest BCUT2D eigenvalue weighted by Crippen LogP contribution is -2.14. The van der Waals surface area contributed by atoms with Crippen molar-refractivity contribution in [3.63, 3.8) is 0 Å². The Balaban J connectivity index is 3.11. The second-order valence-corrected chi connectivity index (χ2v) is 3.40. The third-order valence-corrected chi connectivity index (χ3v) is 2.18. The number of aryl methyl sites for hydroxylation is 1. The minimum atomic E-state index is -4.22. The fourth-order valence-electron chi connectivity index (χ4n) is 1.44. The molecular weight excluding hydrogens is 205 g/mol. The predicted octanol–water partition coefficient (Wildman–Crippen LogP) is 2.52. The zero-order valence-electron chi connectivity index (χ0n) is 8.36. The summed E-state index contributed by atoms with van der Waals surface area (Å²) in [5.41, 5.74) is 12.3. The number of anilines is 2. The van der Waals surface area contributed by atoms with E-state index < -0.39 is 12.6 Å². The molecule has 0 heterocycles. The molecule has 0 aromatic heterocycles. The highest BCUT2D eigenvalue weighted by molar-refractivity contribution is 5.66. The monoisotopic (exact) mass is 218 g/mol. The maximum Gasteiger partial charge on any atom is 0.393 e. The number of halogens is 3. The normalized spacial score (nSPS) is 11.7. The molecule has 5 heteroatoms. The first-order valence-electron chi connectivity index (χ1n) is 4.57. The van der Waals surface area contributed by atoms with E-state index in [9.17, 15) is 13.2 Å². The van der Waals surface area contributed by atoms with Crippen LogP contribution in [0.5, 0.6) is 0 Å². The van der Waals surface area contributed by atoms with Crippen molar-refractivity contribution in [1.82, 2.24) is 0 Å². The molecule has 0 atom stereocenters. The Labute approximate surface area is 86.1 Å². The highest BCUT2D eigenvalue weighted by atomic mass is 19.4. The lowest BCUT2D eigenvalue weighted by molar-refractivity contribution is -0.127. The van der Waals surface area contributed by atoms with E-state index in [-0.39, 0.29) is 11.3 Å². The SMILES string of the molecule is CCc1cc(N)c(N)cc1CC(F)(F)F. The molecule has 0 saturated heterocycles. The molecule has 1 rings (SSSR count). The van der Waals surface area contributed by atoms with Crippen molar-refractivity contribution >= 4 is 11.4 Å². The average molecular weight is 218 g/mol. The van der Waals surface area contributed by atoms with Gasteiger partial charge in [0, 0.05) is 0 Å². The van der Waals surface area contributed by atoms with Crippen LogP contribution in [-0.2, 0) is 12.8 Å². The number of benzene rings is 1. The molecule has 1 aromatic rings. The number of alkyl halides is 3. The number of hydrogen-bond donors (Lipinski definition) is 2. The van der Waals surface area contributed by atoms with Gasteiger partial charge >= 0.3 is 6.18 Å². The minimum absolute atomic E-state index is 0.200. The topological polar surface area (TPSA) is 52.0 Å². The smallest absolute Gasteiger partial charge is 0.393 e. The summed E-state index contributed by atoms with van der Waals surface area (Å²) in [6.45, 7) is 1.78. The molecule has 0 aliphatic rings. The highest BCUT2D eigenvalue weighted by Crippen LogP contribution is 2.28. The summed E-state index contributed by atoms with van der Waals surface area (Å²) in [4.78, 5) is 0. The van der Waals surface area contributed by atoms with Gasteiger partial charge in [0.05, 0.1) is 17.8 Å². The van der Waals surface area contributed by atoms with Gasteiger partial charge in [-0.15, -0.1) is 0 Å². The Morgan fingerprint density at radius 1 is 1.07 bits per heavy atom. The van der Waals surface area contributed by atoms with Crippen LogP contribution in [0.2, 0.25) is 0 Å². The van der Waals surface area contributed by atoms with Crippen LogP contribution in [0.1, 0.15) is 18.1 Å². The Kier molecular flexibility index (Phi) is 3.12. The molecule has 0 aliphatic carbocycles. The molecular formula is C10H13F3N2. The molecule has 4 N–H and O–H groups in total. The molecule has 0 spiro atoms. The number of rotatable bonds is 2. The van der Waals surface area contributed by atoms with Crippen molar-refractivity contribution in [1.29, 1.82) is 0 Å². The molecule has 0 radical (unpaired) electrons. The first-order valence-corrected chi connectivity index (χ1v) is 4.57. The average Bonchev–Trinajstić information content (AvgIpc) is 2.08. The van der Waals surface area contributed by atoms with E-state index in [1.807, 2.05) is 0 Å². The van der Waals surface area contributed by atoms with E-state index in [1.165, 1.54) is 12.1 Å². The van der Waals surface area contributed by atoms with Crippen LogP contribution in [0.15, 0.2) is 12.1 Å². The zero-order valence-corrected chi connectivity index (χ0v) is 8.36. The van der Waals surface area contributed by atoms with E-state index in [2.05, 4.69) is 0 Å². The maximum absolute atomic E-state index is 12.2. The summed E-state index contributed by atoms with van der Waals surface area (Å²) in [6, 6.07) is 2.82. The summed E-state index contributed by atoms with van der Waals surface area (Å²) in [7, 11) is 0. The molecule has 0 saturated carbocycles. The maximum atomic E-state index is 12.2. The standard InChI is InChI=1S/C10H13F3N2/c1-2-6-3-8(14)9(15)4-7(6)5-10(11,12)13/h3-4H,2,5,14-15H2,1H3.